The van der Waals surface area contributed by atoms with E-state index < -0.39 is 6.10 Å². The summed E-state index contributed by atoms with van der Waals surface area (Å²) in [5.41, 5.74) is 4.13. The van der Waals surface area contributed by atoms with Crippen molar-refractivity contribution in [3.05, 3.63) is 71.5 Å². The van der Waals surface area contributed by atoms with Crippen LogP contribution < -0.4 is 4.74 Å². The van der Waals surface area contributed by atoms with Crippen molar-refractivity contribution >= 4 is 0 Å². The molecule has 30 heavy (non-hydrogen) atoms. The first kappa shape index (κ1) is 19.3. The zero-order chi connectivity index (χ0) is 20.6. The van der Waals surface area contributed by atoms with Gasteiger partial charge in [-0.3, -0.25) is 4.90 Å². The van der Waals surface area contributed by atoms with E-state index in [0.29, 0.717) is 13.1 Å². The van der Waals surface area contributed by atoms with Gasteiger partial charge in [0.05, 0.1) is 25.1 Å². The predicted octanol–water partition coefficient (Wildman–Crippen LogP) is 3.98. The number of rotatable bonds is 4. The smallest absolute Gasteiger partial charge is 0.144 e. The molecule has 5 rings (SSSR count). The maximum atomic E-state index is 10.9. The summed E-state index contributed by atoms with van der Waals surface area (Å²) in [6, 6.07) is 16.2. The first-order valence-electron chi connectivity index (χ1n) is 10.8. The lowest BCUT2D eigenvalue weighted by atomic mass is 9.70. The third-order valence-corrected chi connectivity index (χ3v) is 6.73. The molecule has 6 nitrogen and oxygen atoms in total. The maximum Gasteiger partial charge on any atom is 0.144 e. The van der Waals surface area contributed by atoms with Crippen molar-refractivity contribution in [1.82, 2.24) is 19.9 Å². The molecular weight excluding hydrogens is 376 g/mol. The Morgan fingerprint density at radius 2 is 1.83 bits per heavy atom. The Hall–Kier alpha value is -2.70. The molecule has 156 valence electrons. The highest BCUT2D eigenvalue weighted by Crippen LogP contribution is 2.48. The van der Waals surface area contributed by atoms with Crippen LogP contribution in [-0.4, -0.2) is 38.7 Å². The maximum absolute atomic E-state index is 10.9. The molecule has 2 heterocycles. The average molecular weight is 405 g/mol. The van der Waals surface area contributed by atoms with Crippen molar-refractivity contribution in [2.75, 3.05) is 13.7 Å². The number of hydrogen-bond acceptors (Lipinski definition) is 5. The molecule has 1 spiro atoms. The van der Waals surface area contributed by atoms with Crippen LogP contribution in [0.1, 0.15) is 55.0 Å². The Balaban J connectivity index is 1.48. The number of aromatic nitrogens is 3. The van der Waals surface area contributed by atoms with Gasteiger partial charge in [-0.05, 0) is 36.1 Å². The van der Waals surface area contributed by atoms with Crippen molar-refractivity contribution in [3.8, 4) is 11.4 Å². The third-order valence-electron chi connectivity index (χ3n) is 6.73. The molecule has 1 saturated carbocycles. The van der Waals surface area contributed by atoms with Gasteiger partial charge in [-0.25, -0.2) is 4.68 Å². The predicted molar refractivity (Wildman–Crippen MR) is 114 cm³/mol. The fraction of sp³-hybridized carbons (Fsp3) is 0.417. The first-order chi connectivity index (χ1) is 14.7. The summed E-state index contributed by atoms with van der Waals surface area (Å²) in [7, 11) is 1.66. The second kappa shape index (κ2) is 7.85. The van der Waals surface area contributed by atoms with E-state index in [1.54, 1.807) is 11.8 Å². The van der Waals surface area contributed by atoms with Crippen LogP contribution in [0.15, 0.2) is 54.7 Å². The van der Waals surface area contributed by atoms with Crippen LogP contribution in [0, 0.1) is 0 Å². The summed E-state index contributed by atoms with van der Waals surface area (Å²) in [6.45, 7) is 1.29. The van der Waals surface area contributed by atoms with E-state index in [4.69, 9.17) is 4.74 Å². The summed E-state index contributed by atoms with van der Waals surface area (Å²) in [5.74, 6) is 0.764. The van der Waals surface area contributed by atoms with Crippen molar-refractivity contribution in [1.29, 1.82) is 0 Å². The Kier molecular flexibility index (Phi) is 5.05. The zero-order valence-corrected chi connectivity index (χ0v) is 17.4. The van der Waals surface area contributed by atoms with Gasteiger partial charge in [0, 0.05) is 18.6 Å². The first-order valence-corrected chi connectivity index (χ1v) is 10.8. The quantitative estimate of drug-likeness (QED) is 0.713. The fourth-order valence-corrected chi connectivity index (χ4v) is 5.30. The lowest BCUT2D eigenvalue weighted by molar-refractivity contribution is -0.0215. The van der Waals surface area contributed by atoms with E-state index in [0.717, 1.165) is 35.5 Å². The number of para-hydroxylation sites is 2. The largest absolute Gasteiger partial charge is 0.494 e. The van der Waals surface area contributed by atoms with Crippen LogP contribution in [-0.2, 0) is 12.1 Å². The Bertz CT molecular complexity index is 1030. The summed E-state index contributed by atoms with van der Waals surface area (Å²) >= 11 is 0. The molecule has 1 fully saturated rings. The second-order valence-electron chi connectivity index (χ2n) is 8.40. The molecule has 2 aromatic carbocycles. The molecule has 0 saturated heterocycles. The zero-order valence-electron chi connectivity index (χ0n) is 17.4. The topological polar surface area (TPSA) is 63.4 Å². The molecule has 0 bridgehead atoms. The van der Waals surface area contributed by atoms with Crippen LogP contribution >= 0.6 is 0 Å². The number of β-amino-alcohol motifs (C(OH)–C–C–N with tert-alkyl or cyclic N) is 1. The normalized spacial score (nSPS) is 20.8. The van der Waals surface area contributed by atoms with E-state index in [9.17, 15) is 5.11 Å². The van der Waals surface area contributed by atoms with Gasteiger partial charge in [0.25, 0.3) is 0 Å². The highest BCUT2D eigenvalue weighted by atomic mass is 16.5. The van der Waals surface area contributed by atoms with E-state index in [1.165, 1.54) is 24.8 Å². The molecule has 0 radical (unpaired) electrons. The molecule has 6 heteroatoms. The van der Waals surface area contributed by atoms with Gasteiger partial charge in [0.15, 0.2) is 0 Å². The Morgan fingerprint density at radius 1 is 1.07 bits per heavy atom. The van der Waals surface area contributed by atoms with Gasteiger partial charge in [-0.2, -0.15) is 0 Å². The molecule has 1 aromatic heterocycles. The standard InChI is InChI=1S/C24H28N4O2/c1-30-23-12-6-5-11-21(23)28-16-18(25-26-28)15-27-17-22(29)19-9-3-4-10-20(19)24(27)13-7-2-8-14-24/h3-6,9-12,16,22,29H,2,7-8,13-15,17H2,1H3. The number of ether oxygens (including phenoxy) is 1. The number of aliphatic hydroxyl groups excluding tert-OH is 1. The highest BCUT2D eigenvalue weighted by Gasteiger charge is 2.45. The molecule has 1 unspecified atom stereocenters. The monoisotopic (exact) mass is 404 g/mol. The summed E-state index contributed by atoms with van der Waals surface area (Å²) in [5, 5.41) is 19.7. The number of fused-ring (bicyclic) bond motifs is 2. The minimum atomic E-state index is -0.474. The number of hydrogen-bond donors (Lipinski definition) is 1. The van der Waals surface area contributed by atoms with Crippen molar-refractivity contribution in [3.63, 3.8) is 0 Å². The van der Waals surface area contributed by atoms with Crippen LogP contribution in [0.5, 0.6) is 5.75 Å². The SMILES string of the molecule is COc1ccccc1-n1cc(CN2CC(O)c3ccccc3C23CCCCC3)nn1. The molecule has 2 aliphatic rings. The number of aliphatic hydroxyl groups is 1. The van der Waals surface area contributed by atoms with Crippen molar-refractivity contribution < 1.29 is 9.84 Å². The lowest BCUT2D eigenvalue weighted by Crippen LogP contribution is -2.52. The van der Waals surface area contributed by atoms with Crippen LogP contribution in [0.25, 0.3) is 5.69 Å². The third kappa shape index (κ3) is 3.20. The minimum Gasteiger partial charge on any atom is -0.494 e. The number of nitrogens with zero attached hydrogens (tertiary/aromatic N) is 4. The summed E-state index contributed by atoms with van der Waals surface area (Å²) in [4.78, 5) is 2.44. The van der Waals surface area contributed by atoms with E-state index in [2.05, 4.69) is 33.4 Å². The number of methoxy groups -OCH3 is 1. The van der Waals surface area contributed by atoms with Gasteiger partial charge in [-0.15, -0.1) is 5.10 Å². The Labute approximate surface area is 177 Å². The van der Waals surface area contributed by atoms with Crippen LogP contribution in [0.3, 0.4) is 0 Å². The minimum absolute atomic E-state index is 0.0255. The average Bonchev–Trinajstić information content (AvgIpc) is 3.26. The van der Waals surface area contributed by atoms with Gasteiger partial charge < -0.3 is 9.84 Å². The number of benzene rings is 2. The van der Waals surface area contributed by atoms with Gasteiger partial charge in [-0.1, -0.05) is 60.9 Å². The summed E-state index contributed by atoms with van der Waals surface area (Å²) in [6.07, 6.45) is 7.46. The second-order valence-corrected chi connectivity index (χ2v) is 8.40. The van der Waals surface area contributed by atoms with Gasteiger partial charge in [0.1, 0.15) is 11.4 Å². The van der Waals surface area contributed by atoms with Gasteiger partial charge in [0.2, 0.25) is 0 Å². The van der Waals surface area contributed by atoms with E-state index in [-0.39, 0.29) is 5.54 Å². The summed E-state index contributed by atoms with van der Waals surface area (Å²) < 4.78 is 7.24. The van der Waals surface area contributed by atoms with E-state index in [1.807, 2.05) is 36.5 Å². The fourth-order valence-electron chi connectivity index (χ4n) is 5.30. The van der Waals surface area contributed by atoms with Gasteiger partial charge >= 0.3 is 0 Å². The molecule has 0 amide bonds. The Morgan fingerprint density at radius 3 is 2.67 bits per heavy atom. The highest BCUT2D eigenvalue weighted by molar-refractivity contribution is 5.45. The molecule has 3 aromatic rings. The molecule has 1 N–H and O–H groups in total. The lowest BCUT2D eigenvalue weighted by Gasteiger charge is -2.51. The van der Waals surface area contributed by atoms with Crippen molar-refractivity contribution in [2.45, 2.75) is 50.3 Å². The van der Waals surface area contributed by atoms with Crippen LogP contribution in [0.2, 0.25) is 0 Å². The van der Waals surface area contributed by atoms with E-state index >= 15 is 0 Å². The molecular formula is C24H28N4O2. The molecule has 1 atom stereocenters. The van der Waals surface area contributed by atoms with Crippen LogP contribution in [0.4, 0.5) is 0 Å². The van der Waals surface area contributed by atoms with Crippen molar-refractivity contribution in [2.24, 2.45) is 0 Å². The molecule has 1 aliphatic heterocycles. The molecule has 1 aliphatic carbocycles.